The maximum absolute atomic E-state index is 13.0. The van der Waals surface area contributed by atoms with Gasteiger partial charge < -0.3 is 14.6 Å². The number of aryl methyl sites for hydroxylation is 1. The Morgan fingerprint density at radius 2 is 1.75 bits per heavy atom. The predicted molar refractivity (Wildman–Crippen MR) is 106 cm³/mol. The summed E-state index contributed by atoms with van der Waals surface area (Å²) < 4.78 is 46.2. The number of halogens is 3. The molecule has 3 aromatic rings. The Labute approximate surface area is 180 Å². The van der Waals surface area contributed by atoms with Crippen LogP contribution in [0.1, 0.15) is 23.8 Å². The van der Waals surface area contributed by atoms with Crippen LogP contribution in [0.3, 0.4) is 0 Å². The van der Waals surface area contributed by atoms with Gasteiger partial charge in [0, 0.05) is 11.6 Å². The highest BCUT2D eigenvalue weighted by molar-refractivity contribution is 6.07. The Balaban J connectivity index is 1.51. The number of carbonyl (C=O) groups is 2. The van der Waals surface area contributed by atoms with Gasteiger partial charge in [0.25, 0.3) is 5.91 Å². The van der Waals surface area contributed by atoms with Crippen molar-refractivity contribution in [1.82, 2.24) is 15.4 Å². The molecule has 0 radical (unpaired) electrons. The molecule has 4 rings (SSSR count). The minimum atomic E-state index is -4.83. The Kier molecular flexibility index (Phi) is 5.15. The molecule has 2 heterocycles. The number of rotatable bonds is 5. The molecule has 10 heteroatoms. The molecule has 0 bridgehead atoms. The highest BCUT2D eigenvalue weighted by atomic mass is 19.4. The zero-order valence-corrected chi connectivity index (χ0v) is 17.1. The molecule has 1 atom stereocenters. The summed E-state index contributed by atoms with van der Waals surface area (Å²) in [4.78, 5) is 26.5. The molecule has 3 amide bonds. The summed E-state index contributed by atoms with van der Waals surface area (Å²) in [7, 11) is 0. The third kappa shape index (κ3) is 4.16. The molecule has 166 valence electrons. The first-order valence-electron chi connectivity index (χ1n) is 9.58. The number of carbonyl (C=O) groups excluding carboxylic acids is 2. The lowest BCUT2D eigenvalue weighted by atomic mass is 9.92. The van der Waals surface area contributed by atoms with Crippen molar-refractivity contribution >= 4 is 11.9 Å². The highest BCUT2D eigenvalue weighted by Crippen LogP contribution is 2.32. The first kappa shape index (κ1) is 21.4. The van der Waals surface area contributed by atoms with E-state index in [2.05, 4.69) is 15.2 Å². The predicted octanol–water partition coefficient (Wildman–Crippen LogP) is 4.52. The second-order valence-electron chi connectivity index (χ2n) is 7.56. The van der Waals surface area contributed by atoms with Crippen molar-refractivity contribution in [3.05, 3.63) is 71.5 Å². The fraction of sp³-hybridized carbons (Fsp3) is 0.227. The lowest BCUT2D eigenvalue weighted by Gasteiger charge is -2.22. The van der Waals surface area contributed by atoms with Gasteiger partial charge in [-0.15, -0.1) is 13.2 Å². The molecule has 1 aromatic heterocycles. The van der Waals surface area contributed by atoms with Crippen LogP contribution in [0.4, 0.5) is 18.0 Å². The van der Waals surface area contributed by atoms with Crippen LogP contribution in [0.25, 0.3) is 11.3 Å². The van der Waals surface area contributed by atoms with E-state index in [1.807, 2.05) is 31.2 Å². The quantitative estimate of drug-likeness (QED) is 0.584. The first-order valence-corrected chi connectivity index (χ1v) is 9.58. The number of ether oxygens (including phenoxy) is 1. The van der Waals surface area contributed by atoms with Crippen LogP contribution >= 0.6 is 0 Å². The van der Waals surface area contributed by atoms with Crippen LogP contribution in [0, 0.1) is 6.92 Å². The van der Waals surface area contributed by atoms with Gasteiger partial charge in [0.05, 0.1) is 6.54 Å². The normalized spacial score (nSPS) is 18.7. The number of urea groups is 1. The molecule has 32 heavy (non-hydrogen) atoms. The van der Waals surface area contributed by atoms with Gasteiger partial charge in [-0.2, -0.15) is 0 Å². The van der Waals surface area contributed by atoms with E-state index in [1.54, 1.807) is 6.07 Å². The minimum absolute atomic E-state index is 0.144. The number of amides is 3. The number of alkyl halides is 3. The van der Waals surface area contributed by atoms with Gasteiger partial charge in [-0.1, -0.05) is 47.1 Å². The van der Waals surface area contributed by atoms with E-state index in [0.717, 1.165) is 28.2 Å². The number of hydrogen-bond acceptors (Lipinski definition) is 5. The zero-order chi connectivity index (χ0) is 23.1. The van der Waals surface area contributed by atoms with Gasteiger partial charge in [-0.25, -0.2) is 4.79 Å². The molecule has 1 aliphatic rings. The summed E-state index contributed by atoms with van der Waals surface area (Å²) in [6, 6.07) is 13.4. The lowest BCUT2D eigenvalue weighted by molar-refractivity contribution is -0.274. The standard InChI is InChI=1S/C22H18F3N3O4/c1-13-3-5-14(6-4-13)18-11-17(32-27-18)12-28-19(29)21(2,26-20(28)30)15-7-9-16(10-8-15)31-22(23,24)25/h3-11H,12H2,1-2H3,(H,26,30). The fourth-order valence-electron chi connectivity index (χ4n) is 3.43. The van der Waals surface area contributed by atoms with E-state index in [9.17, 15) is 22.8 Å². The van der Waals surface area contributed by atoms with Crippen LogP contribution in [0.2, 0.25) is 0 Å². The SMILES string of the molecule is Cc1ccc(-c2cc(CN3C(=O)NC(C)(c4ccc(OC(F)(F)F)cc4)C3=O)on2)cc1. The van der Waals surface area contributed by atoms with Crippen LogP contribution in [0.15, 0.2) is 59.1 Å². The number of aromatic nitrogens is 1. The third-order valence-corrected chi connectivity index (χ3v) is 5.16. The Morgan fingerprint density at radius 3 is 2.38 bits per heavy atom. The number of nitrogens with zero attached hydrogens (tertiary/aromatic N) is 2. The summed E-state index contributed by atoms with van der Waals surface area (Å²) in [5.74, 6) is -0.689. The second-order valence-corrected chi connectivity index (χ2v) is 7.56. The van der Waals surface area contributed by atoms with Crippen LogP contribution < -0.4 is 10.1 Å². The van der Waals surface area contributed by atoms with Crippen LogP contribution in [0.5, 0.6) is 5.75 Å². The van der Waals surface area contributed by atoms with Crippen molar-refractivity contribution in [2.75, 3.05) is 0 Å². The summed E-state index contributed by atoms with van der Waals surface area (Å²) in [6.07, 6.45) is -4.83. The van der Waals surface area contributed by atoms with Crippen molar-refractivity contribution < 1.29 is 32.0 Å². The monoisotopic (exact) mass is 445 g/mol. The molecule has 2 aromatic carbocycles. The molecule has 1 N–H and O–H groups in total. The molecule has 7 nitrogen and oxygen atoms in total. The fourth-order valence-corrected chi connectivity index (χ4v) is 3.43. The van der Waals surface area contributed by atoms with Crippen molar-refractivity contribution in [2.24, 2.45) is 0 Å². The molecule has 1 unspecified atom stereocenters. The van der Waals surface area contributed by atoms with Crippen LogP contribution in [-0.2, 0) is 16.9 Å². The van der Waals surface area contributed by atoms with Crippen molar-refractivity contribution in [2.45, 2.75) is 32.3 Å². The highest BCUT2D eigenvalue weighted by Gasteiger charge is 2.49. The maximum Gasteiger partial charge on any atom is 0.573 e. The summed E-state index contributed by atoms with van der Waals surface area (Å²) in [5, 5.41) is 6.58. The molecule has 1 saturated heterocycles. The number of hydrogen-bond donors (Lipinski definition) is 1. The topological polar surface area (TPSA) is 84.7 Å². The van der Waals surface area contributed by atoms with Gasteiger partial charge in [-0.3, -0.25) is 9.69 Å². The molecular weight excluding hydrogens is 427 g/mol. The second kappa shape index (κ2) is 7.70. The molecule has 0 saturated carbocycles. The average molecular weight is 445 g/mol. The van der Waals surface area contributed by atoms with Gasteiger partial charge in [0.15, 0.2) is 5.76 Å². The lowest BCUT2D eigenvalue weighted by Crippen LogP contribution is -2.40. The van der Waals surface area contributed by atoms with Crippen molar-refractivity contribution in [3.8, 4) is 17.0 Å². The Hall–Kier alpha value is -3.82. The van der Waals surface area contributed by atoms with E-state index in [-0.39, 0.29) is 6.54 Å². The zero-order valence-electron chi connectivity index (χ0n) is 17.1. The van der Waals surface area contributed by atoms with E-state index < -0.39 is 29.6 Å². The number of imide groups is 1. The minimum Gasteiger partial charge on any atom is -0.406 e. The summed E-state index contributed by atoms with van der Waals surface area (Å²) in [6.45, 7) is 3.29. The smallest absolute Gasteiger partial charge is 0.406 e. The van der Waals surface area contributed by atoms with E-state index in [4.69, 9.17) is 4.52 Å². The van der Waals surface area contributed by atoms with Crippen LogP contribution in [-0.4, -0.2) is 28.4 Å². The van der Waals surface area contributed by atoms with Crippen molar-refractivity contribution in [3.63, 3.8) is 0 Å². The van der Waals surface area contributed by atoms with E-state index in [1.165, 1.54) is 19.1 Å². The molecule has 1 fully saturated rings. The van der Waals surface area contributed by atoms with E-state index in [0.29, 0.717) is 17.0 Å². The third-order valence-electron chi connectivity index (χ3n) is 5.16. The molecule has 0 spiro atoms. The number of nitrogens with one attached hydrogen (secondary N) is 1. The largest absolute Gasteiger partial charge is 0.573 e. The molecular formula is C22H18F3N3O4. The molecule has 0 aliphatic carbocycles. The summed E-state index contributed by atoms with van der Waals surface area (Å²) in [5.41, 5.74) is 1.34. The van der Waals surface area contributed by atoms with Crippen molar-refractivity contribution in [1.29, 1.82) is 0 Å². The average Bonchev–Trinajstić information content (AvgIpc) is 3.27. The van der Waals surface area contributed by atoms with Gasteiger partial charge in [-0.05, 0) is 31.5 Å². The van der Waals surface area contributed by atoms with Gasteiger partial charge in [0.2, 0.25) is 0 Å². The molecule has 1 aliphatic heterocycles. The Morgan fingerprint density at radius 1 is 1.09 bits per heavy atom. The van der Waals surface area contributed by atoms with Gasteiger partial charge in [0.1, 0.15) is 17.0 Å². The maximum atomic E-state index is 13.0. The first-order chi connectivity index (χ1) is 15.0. The van der Waals surface area contributed by atoms with E-state index >= 15 is 0 Å². The summed E-state index contributed by atoms with van der Waals surface area (Å²) >= 11 is 0. The number of benzene rings is 2. The Bertz CT molecular complexity index is 1160. The van der Waals surface area contributed by atoms with Gasteiger partial charge >= 0.3 is 12.4 Å².